The van der Waals surface area contributed by atoms with E-state index in [2.05, 4.69) is 0 Å². The Hall–Kier alpha value is -1.71. The first-order valence-electron chi connectivity index (χ1n) is 6.32. The lowest BCUT2D eigenvalue weighted by Gasteiger charge is -2.15. The molecule has 2 rings (SSSR count). The Balaban J connectivity index is 2.35. The van der Waals surface area contributed by atoms with Crippen molar-refractivity contribution in [2.24, 2.45) is 0 Å². The number of rotatable bonds is 5. The lowest BCUT2D eigenvalue weighted by molar-refractivity contribution is -0.138. The van der Waals surface area contributed by atoms with E-state index in [1.807, 2.05) is 0 Å². The van der Waals surface area contributed by atoms with E-state index < -0.39 is 11.9 Å². The molecule has 0 fully saturated rings. The van der Waals surface area contributed by atoms with Crippen molar-refractivity contribution in [3.8, 4) is 5.75 Å². The first-order chi connectivity index (χ1) is 10.0. The minimum absolute atomic E-state index is 0.266. The number of ether oxygens (including phenoxy) is 1. The van der Waals surface area contributed by atoms with Crippen molar-refractivity contribution in [3.05, 3.63) is 63.6 Å². The summed E-state index contributed by atoms with van der Waals surface area (Å²) in [6.45, 7) is 0. The highest BCUT2D eigenvalue weighted by atomic mass is 35.5. The number of carboxylic acid groups (broad SMARTS) is 1. The van der Waals surface area contributed by atoms with Crippen LogP contribution in [0.15, 0.2) is 42.5 Å². The number of hydrogen-bond acceptors (Lipinski definition) is 2. The maximum absolute atomic E-state index is 11.6. The fourth-order valence-electron chi connectivity index (χ4n) is 2.13. The highest BCUT2D eigenvalue weighted by molar-refractivity contribution is 6.42. The Labute approximate surface area is 133 Å². The van der Waals surface area contributed by atoms with E-state index in [0.29, 0.717) is 26.9 Å². The maximum Gasteiger partial charge on any atom is 0.311 e. The summed E-state index contributed by atoms with van der Waals surface area (Å²) in [5.74, 6) is -1.01. The van der Waals surface area contributed by atoms with Crippen LogP contribution in [-0.2, 0) is 11.2 Å². The Morgan fingerprint density at radius 1 is 1.24 bits per heavy atom. The summed E-state index contributed by atoms with van der Waals surface area (Å²) in [5, 5.41) is 10.3. The number of carbonyl (C=O) groups is 1. The second kappa shape index (κ2) is 6.83. The first-order valence-corrected chi connectivity index (χ1v) is 7.08. The van der Waals surface area contributed by atoms with Gasteiger partial charge >= 0.3 is 5.97 Å². The Morgan fingerprint density at radius 2 is 1.95 bits per heavy atom. The van der Waals surface area contributed by atoms with Crippen LogP contribution >= 0.6 is 23.2 Å². The van der Waals surface area contributed by atoms with Gasteiger partial charge in [0.05, 0.1) is 23.1 Å². The molecule has 3 nitrogen and oxygen atoms in total. The van der Waals surface area contributed by atoms with Crippen LogP contribution in [0.5, 0.6) is 5.75 Å². The molecule has 0 aliphatic rings. The van der Waals surface area contributed by atoms with Crippen molar-refractivity contribution in [1.82, 2.24) is 0 Å². The summed E-state index contributed by atoms with van der Waals surface area (Å²) < 4.78 is 5.14. The minimum Gasteiger partial charge on any atom is -0.497 e. The second-order valence-corrected chi connectivity index (χ2v) is 5.37. The fourth-order valence-corrected chi connectivity index (χ4v) is 2.53. The molecule has 2 aromatic carbocycles. The van der Waals surface area contributed by atoms with Crippen LogP contribution in [0.25, 0.3) is 0 Å². The van der Waals surface area contributed by atoms with Crippen LogP contribution < -0.4 is 4.74 Å². The van der Waals surface area contributed by atoms with Gasteiger partial charge in [-0.2, -0.15) is 0 Å². The van der Waals surface area contributed by atoms with Gasteiger partial charge in [0.2, 0.25) is 0 Å². The Bertz CT molecular complexity index is 656. The van der Waals surface area contributed by atoms with Crippen molar-refractivity contribution in [2.75, 3.05) is 7.11 Å². The average Bonchev–Trinajstić information content (AvgIpc) is 2.48. The number of halogens is 2. The van der Waals surface area contributed by atoms with Gasteiger partial charge in [0, 0.05) is 0 Å². The highest BCUT2D eigenvalue weighted by Gasteiger charge is 2.22. The van der Waals surface area contributed by atoms with E-state index in [-0.39, 0.29) is 6.42 Å². The summed E-state index contributed by atoms with van der Waals surface area (Å²) in [5.41, 5.74) is 1.37. The molecule has 2 aromatic rings. The van der Waals surface area contributed by atoms with Gasteiger partial charge in [-0.15, -0.1) is 0 Å². The van der Waals surface area contributed by atoms with Gasteiger partial charge in [-0.25, -0.2) is 0 Å². The van der Waals surface area contributed by atoms with Gasteiger partial charge in [0.25, 0.3) is 0 Å². The van der Waals surface area contributed by atoms with Gasteiger partial charge in [0.1, 0.15) is 5.75 Å². The largest absolute Gasteiger partial charge is 0.497 e. The predicted octanol–water partition coefficient (Wildman–Crippen LogP) is 4.41. The van der Waals surface area contributed by atoms with Gasteiger partial charge in [0.15, 0.2) is 0 Å². The van der Waals surface area contributed by atoms with Crippen LogP contribution in [0, 0.1) is 0 Å². The molecule has 0 saturated carbocycles. The molecule has 0 amide bonds. The molecule has 0 heterocycles. The monoisotopic (exact) mass is 324 g/mol. The molecule has 1 N–H and O–H groups in total. The molecule has 0 bridgehead atoms. The van der Waals surface area contributed by atoms with Gasteiger partial charge in [-0.1, -0.05) is 47.5 Å². The van der Waals surface area contributed by atoms with E-state index in [0.717, 1.165) is 0 Å². The third kappa shape index (κ3) is 3.69. The summed E-state index contributed by atoms with van der Waals surface area (Å²) >= 11 is 12.1. The van der Waals surface area contributed by atoms with Crippen LogP contribution in [0.1, 0.15) is 17.0 Å². The third-order valence-corrected chi connectivity index (χ3v) is 4.11. The zero-order valence-corrected chi connectivity index (χ0v) is 12.9. The number of methoxy groups -OCH3 is 1. The van der Waals surface area contributed by atoms with Gasteiger partial charge < -0.3 is 9.84 Å². The van der Waals surface area contributed by atoms with E-state index in [1.54, 1.807) is 49.6 Å². The second-order valence-electron chi connectivity index (χ2n) is 4.58. The molecule has 0 aromatic heterocycles. The molecule has 0 saturated heterocycles. The zero-order valence-electron chi connectivity index (χ0n) is 11.3. The van der Waals surface area contributed by atoms with E-state index in [4.69, 9.17) is 27.9 Å². The van der Waals surface area contributed by atoms with E-state index in [9.17, 15) is 9.90 Å². The van der Waals surface area contributed by atoms with Crippen molar-refractivity contribution in [2.45, 2.75) is 12.3 Å². The molecule has 0 spiro atoms. The lowest BCUT2D eigenvalue weighted by atomic mass is 9.92. The molecule has 0 radical (unpaired) electrons. The summed E-state index contributed by atoms with van der Waals surface area (Å²) in [7, 11) is 1.54. The van der Waals surface area contributed by atoms with E-state index >= 15 is 0 Å². The van der Waals surface area contributed by atoms with Crippen LogP contribution in [0.4, 0.5) is 0 Å². The minimum atomic E-state index is -0.917. The van der Waals surface area contributed by atoms with E-state index in [1.165, 1.54) is 0 Å². The predicted molar refractivity (Wildman–Crippen MR) is 83.5 cm³/mol. The van der Waals surface area contributed by atoms with Gasteiger partial charge in [-0.3, -0.25) is 4.79 Å². The standard InChI is InChI=1S/C16H14Cl2O3/c1-21-12-6-2-4-10(8-12)13(16(19)20)9-11-5-3-7-14(17)15(11)18/h2-8,13H,9H2,1H3,(H,19,20). The summed E-state index contributed by atoms with van der Waals surface area (Å²) in [6, 6.07) is 12.2. The third-order valence-electron chi connectivity index (χ3n) is 3.25. The molecule has 5 heteroatoms. The molecule has 21 heavy (non-hydrogen) atoms. The quantitative estimate of drug-likeness (QED) is 0.885. The Kier molecular flexibility index (Phi) is 5.10. The van der Waals surface area contributed by atoms with Crippen LogP contribution in [-0.4, -0.2) is 18.2 Å². The van der Waals surface area contributed by atoms with Gasteiger partial charge in [-0.05, 0) is 35.7 Å². The number of benzene rings is 2. The smallest absolute Gasteiger partial charge is 0.311 e. The molecule has 1 atom stereocenters. The topological polar surface area (TPSA) is 46.5 Å². The average molecular weight is 325 g/mol. The molecule has 110 valence electrons. The SMILES string of the molecule is COc1cccc(C(Cc2cccc(Cl)c2Cl)C(=O)O)c1. The molecular weight excluding hydrogens is 311 g/mol. The van der Waals surface area contributed by atoms with Crippen LogP contribution in [0.3, 0.4) is 0 Å². The van der Waals surface area contributed by atoms with Crippen molar-refractivity contribution >= 4 is 29.2 Å². The highest BCUT2D eigenvalue weighted by Crippen LogP contribution is 2.31. The number of aliphatic carboxylic acids is 1. The molecular formula is C16H14Cl2O3. The lowest BCUT2D eigenvalue weighted by Crippen LogP contribution is -2.14. The number of hydrogen-bond donors (Lipinski definition) is 1. The molecule has 1 unspecified atom stereocenters. The normalized spacial score (nSPS) is 12.0. The zero-order chi connectivity index (χ0) is 15.4. The van der Waals surface area contributed by atoms with Crippen molar-refractivity contribution < 1.29 is 14.6 Å². The maximum atomic E-state index is 11.6. The summed E-state index contributed by atoms with van der Waals surface area (Å²) in [4.78, 5) is 11.6. The van der Waals surface area contributed by atoms with Crippen molar-refractivity contribution in [3.63, 3.8) is 0 Å². The first kappa shape index (κ1) is 15.7. The summed E-state index contributed by atoms with van der Waals surface area (Å²) in [6.07, 6.45) is 0.266. The fraction of sp³-hybridized carbons (Fsp3) is 0.188. The molecule has 0 aliphatic heterocycles. The Morgan fingerprint density at radius 3 is 2.62 bits per heavy atom. The number of carboxylic acids is 1. The molecule has 0 aliphatic carbocycles. The van der Waals surface area contributed by atoms with Crippen molar-refractivity contribution in [1.29, 1.82) is 0 Å². The van der Waals surface area contributed by atoms with Crippen LogP contribution in [0.2, 0.25) is 10.0 Å².